The highest BCUT2D eigenvalue weighted by Crippen LogP contribution is 2.44. The molecule has 1 aliphatic carbocycles. The third-order valence-electron chi connectivity index (χ3n) is 5.56. The summed E-state index contributed by atoms with van der Waals surface area (Å²) in [6.45, 7) is 1.37. The van der Waals surface area contributed by atoms with Gasteiger partial charge in [-0.25, -0.2) is 4.79 Å². The number of likely N-dealkylation sites (tertiary alicyclic amines) is 1. The summed E-state index contributed by atoms with van der Waals surface area (Å²) in [5.74, 6) is 0.0454. The molecule has 0 spiro atoms. The third kappa shape index (κ3) is 3.45. The van der Waals surface area contributed by atoms with E-state index in [1.54, 1.807) is 12.0 Å². The number of piperidine rings is 1. The van der Waals surface area contributed by atoms with Crippen LogP contribution in [0, 0.1) is 0 Å². The molecule has 1 heterocycles. The van der Waals surface area contributed by atoms with Gasteiger partial charge in [0.05, 0.1) is 13.2 Å². The summed E-state index contributed by atoms with van der Waals surface area (Å²) in [4.78, 5) is 14.2. The lowest BCUT2D eigenvalue weighted by Crippen LogP contribution is -2.52. The first-order valence-electron chi connectivity index (χ1n) is 9.42. The first kappa shape index (κ1) is 18.0. The van der Waals surface area contributed by atoms with E-state index in [1.165, 1.54) is 22.3 Å². The zero-order valence-electron chi connectivity index (χ0n) is 15.6. The molecule has 0 radical (unpaired) electrons. The Morgan fingerprint density at radius 3 is 2.41 bits per heavy atom. The Bertz CT molecular complexity index is 787. The highest BCUT2D eigenvalue weighted by atomic mass is 16.6. The van der Waals surface area contributed by atoms with Crippen molar-refractivity contribution in [1.82, 2.24) is 4.90 Å². The number of hydrogen-bond acceptors (Lipinski definition) is 4. The highest BCUT2D eigenvalue weighted by Gasteiger charge is 2.36. The fraction of sp³-hybridized carbons (Fsp3) is 0.409. The normalized spacial score (nSPS) is 21.6. The van der Waals surface area contributed by atoms with Crippen molar-refractivity contribution in [3.63, 3.8) is 0 Å². The number of ether oxygens (including phenoxy) is 2. The Labute approximate surface area is 159 Å². The van der Waals surface area contributed by atoms with Crippen LogP contribution in [0.5, 0.6) is 0 Å². The molecule has 1 fully saturated rings. The Morgan fingerprint density at radius 1 is 1.15 bits per heavy atom. The molecule has 1 N–H and O–H groups in total. The maximum Gasteiger partial charge on any atom is 0.409 e. The monoisotopic (exact) mass is 367 g/mol. The molecular weight excluding hydrogens is 342 g/mol. The quantitative estimate of drug-likeness (QED) is 0.900. The van der Waals surface area contributed by atoms with Gasteiger partial charge in [0, 0.05) is 19.6 Å². The van der Waals surface area contributed by atoms with Crippen LogP contribution in [0.15, 0.2) is 48.5 Å². The van der Waals surface area contributed by atoms with Crippen molar-refractivity contribution in [3.8, 4) is 11.1 Å². The van der Waals surface area contributed by atoms with E-state index in [2.05, 4.69) is 24.3 Å². The Balaban J connectivity index is 1.47. The van der Waals surface area contributed by atoms with Crippen molar-refractivity contribution in [1.29, 1.82) is 0 Å². The van der Waals surface area contributed by atoms with Crippen LogP contribution in [-0.4, -0.2) is 55.1 Å². The second-order valence-electron chi connectivity index (χ2n) is 7.49. The topological polar surface area (TPSA) is 59.0 Å². The minimum absolute atomic E-state index is 0.0454. The van der Waals surface area contributed by atoms with E-state index in [4.69, 9.17) is 9.47 Å². The van der Waals surface area contributed by atoms with Crippen molar-refractivity contribution in [3.05, 3.63) is 59.7 Å². The zero-order chi connectivity index (χ0) is 18.9. The molecular formula is C22H25NO4. The number of fused-ring (bicyclic) bond motifs is 3. The number of methoxy groups -OCH3 is 1. The van der Waals surface area contributed by atoms with Crippen molar-refractivity contribution in [2.24, 2.45) is 0 Å². The second-order valence-corrected chi connectivity index (χ2v) is 7.49. The van der Waals surface area contributed by atoms with Gasteiger partial charge in [0.15, 0.2) is 0 Å². The molecule has 1 atom stereocenters. The van der Waals surface area contributed by atoms with Gasteiger partial charge < -0.3 is 19.5 Å². The standard InChI is InChI=1S/C22H25NO4/c1-26-15-22(25)11-6-12-23(14-22)21(24)27-13-20-18-9-4-2-7-16(18)17-8-3-5-10-19(17)20/h2-5,7-10,20,25H,6,11-15H2,1H3. The van der Waals surface area contributed by atoms with E-state index < -0.39 is 5.60 Å². The largest absolute Gasteiger partial charge is 0.448 e. The van der Waals surface area contributed by atoms with Crippen molar-refractivity contribution in [2.45, 2.75) is 24.4 Å². The number of carbonyl (C=O) groups is 1. The van der Waals surface area contributed by atoms with E-state index in [0.717, 1.165) is 6.42 Å². The summed E-state index contributed by atoms with van der Waals surface area (Å²) in [6, 6.07) is 16.6. The summed E-state index contributed by atoms with van der Waals surface area (Å²) in [5, 5.41) is 10.6. The number of benzene rings is 2. The lowest BCUT2D eigenvalue weighted by molar-refractivity contribution is -0.0743. The first-order chi connectivity index (χ1) is 13.1. The van der Waals surface area contributed by atoms with Gasteiger partial charge in [-0.05, 0) is 35.1 Å². The number of amides is 1. The average molecular weight is 367 g/mol. The third-order valence-corrected chi connectivity index (χ3v) is 5.56. The maximum atomic E-state index is 12.6. The molecule has 2 aromatic carbocycles. The van der Waals surface area contributed by atoms with E-state index in [1.807, 2.05) is 24.3 Å². The SMILES string of the molecule is COCC1(O)CCCN(C(=O)OCC2c3ccccc3-c3ccccc32)C1. The lowest BCUT2D eigenvalue weighted by atomic mass is 9.94. The van der Waals surface area contributed by atoms with Crippen LogP contribution in [-0.2, 0) is 9.47 Å². The molecule has 1 saturated heterocycles. The number of aliphatic hydroxyl groups is 1. The first-order valence-corrected chi connectivity index (χ1v) is 9.42. The fourth-order valence-electron chi connectivity index (χ4n) is 4.34. The van der Waals surface area contributed by atoms with Gasteiger partial charge in [0.25, 0.3) is 0 Å². The Kier molecular flexibility index (Phi) is 4.89. The van der Waals surface area contributed by atoms with E-state index in [9.17, 15) is 9.90 Å². The number of hydrogen-bond donors (Lipinski definition) is 1. The summed E-state index contributed by atoms with van der Waals surface area (Å²) in [6.07, 6.45) is 1.00. The minimum atomic E-state index is -0.988. The van der Waals surface area contributed by atoms with Crippen LogP contribution < -0.4 is 0 Å². The molecule has 1 unspecified atom stereocenters. The summed E-state index contributed by atoms with van der Waals surface area (Å²) >= 11 is 0. The summed E-state index contributed by atoms with van der Waals surface area (Å²) in [7, 11) is 1.56. The molecule has 5 heteroatoms. The Morgan fingerprint density at radius 2 is 1.78 bits per heavy atom. The van der Waals surface area contributed by atoms with Gasteiger partial charge in [0.2, 0.25) is 0 Å². The van der Waals surface area contributed by atoms with Gasteiger partial charge in [-0.15, -0.1) is 0 Å². The summed E-state index contributed by atoms with van der Waals surface area (Å²) < 4.78 is 10.8. The molecule has 1 amide bonds. The van der Waals surface area contributed by atoms with E-state index in [-0.39, 0.29) is 25.2 Å². The predicted molar refractivity (Wildman–Crippen MR) is 103 cm³/mol. The maximum absolute atomic E-state index is 12.6. The lowest BCUT2D eigenvalue weighted by Gasteiger charge is -2.38. The smallest absolute Gasteiger partial charge is 0.409 e. The predicted octanol–water partition coefficient (Wildman–Crippen LogP) is 3.41. The van der Waals surface area contributed by atoms with Crippen LogP contribution in [0.3, 0.4) is 0 Å². The zero-order valence-corrected chi connectivity index (χ0v) is 15.6. The van der Waals surface area contributed by atoms with Gasteiger partial charge in [0.1, 0.15) is 12.2 Å². The molecule has 5 nitrogen and oxygen atoms in total. The molecule has 1 aliphatic heterocycles. The molecule has 2 aliphatic rings. The Hall–Kier alpha value is -2.37. The van der Waals surface area contributed by atoms with Crippen molar-refractivity contribution < 1.29 is 19.4 Å². The van der Waals surface area contributed by atoms with Gasteiger partial charge in [-0.3, -0.25) is 0 Å². The fourth-order valence-corrected chi connectivity index (χ4v) is 4.34. The minimum Gasteiger partial charge on any atom is -0.448 e. The van der Waals surface area contributed by atoms with Crippen LogP contribution in [0.1, 0.15) is 29.9 Å². The van der Waals surface area contributed by atoms with Crippen molar-refractivity contribution in [2.75, 3.05) is 33.4 Å². The van der Waals surface area contributed by atoms with Crippen LogP contribution in [0.25, 0.3) is 11.1 Å². The van der Waals surface area contributed by atoms with E-state index >= 15 is 0 Å². The highest BCUT2D eigenvalue weighted by molar-refractivity contribution is 5.79. The second kappa shape index (κ2) is 7.33. The molecule has 0 saturated carbocycles. The van der Waals surface area contributed by atoms with Crippen LogP contribution in [0.4, 0.5) is 4.79 Å². The summed E-state index contributed by atoms with van der Waals surface area (Å²) in [5.41, 5.74) is 3.82. The van der Waals surface area contributed by atoms with Crippen LogP contribution in [0.2, 0.25) is 0 Å². The van der Waals surface area contributed by atoms with Gasteiger partial charge in [-0.2, -0.15) is 0 Å². The number of nitrogens with zero attached hydrogens (tertiary/aromatic N) is 1. The van der Waals surface area contributed by atoms with E-state index in [0.29, 0.717) is 19.6 Å². The molecule has 142 valence electrons. The molecule has 27 heavy (non-hydrogen) atoms. The van der Waals surface area contributed by atoms with Crippen molar-refractivity contribution >= 4 is 6.09 Å². The van der Waals surface area contributed by atoms with Gasteiger partial charge >= 0.3 is 6.09 Å². The molecule has 2 aromatic rings. The number of carbonyl (C=O) groups excluding carboxylic acids is 1. The number of rotatable bonds is 4. The average Bonchev–Trinajstić information content (AvgIpc) is 3.00. The molecule has 0 aromatic heterocycles. The van der Waals surface area contributed by atoms with Gasteiger partial charge in [-0.1, -0.05) is 48.5 Å². The molecule has 4 rings (SSSR count). The molecule has 0 bridgehead atoms. The van der Waals surface area contributed by atoms with Crippen LogP contribution >= 0.6 is 0 Å². The number of β-amino-alcohol motifs (C(OH)–C–C–N with tert-alkyl or cyclic N) is 1.